The van der Waals surface area contributed by atoms with Crippen molar-refractivity contribution in [2.24, 2.45) is 0 Å². The number of halogens is 1. The number of benzene rings is 1. The smallest absolute Gasteiger partial charge is 0.326 e. The molecule has 0 aliphatic carbocycles. The highest BCUT2D eigenvalue weighted by Gasteiger charge is 2.07. The van der Waals surface area contributed by atoms with Crippen molar-refractivity contribution in [2.75, 3.05) is 7.11 Å². The Morgan fingerprint density at radius 3 is 2.67 bits per heavy atom. The second kappa shape index (κ2) is 3.54. The average Bonchev–Trinajstić information content (AvgIpc) is 2.15. The number of hydrogen-bond donors (Lipinski definition) is 2. The first-order valence-electron chi connectivity index (χ1n) is 4.11. The van der Waals surface area contributed by atoms with E-state index in [-0.39, 0.29) is 0 Å². The van der Waals surface area contributed by atoms with Crippen LogP contribution in [0.5, 0.6) is 5.75 Å². The van der Waals surface area contributed by atoms with E-state index in [4.69, 9.17) is 4.74 Å². The maximum atomic E-state index is 11.5. The van der Waals surface area contributed by atoms with Gasteiger partial charge in [-0.2, -0.15) is 0 Å². The van der Waals surface area contributed by atoms with Crippen LogP contribution >= 0.6 is 15.9 Å². The predicted octanol–water partition coefficient (Wildman–Crippen LogP) is 0.987. The molecule has 0 aliphatic heterocycles. The molecule has 0 atom stereocenters. The van der Waals surface area contributed by atoms with Crippen molar-refractivity contribution in [3.63, 3.8) is 0 Å². The molecule has 1 aromatic heterocycles. The van der Waals surface area contributed by atoms with Crippen molar-refractivity contribution >= 4 is 26.8 Å². The van der Waals surface area contributed by atoms with Crippen LogP contribution in [0.2, 0.25) is 0 Å². The highest BCUT2D eigenvalue weighted by atomic mass is 79.9. The van der Waals surface area contributed by atoms with Crippen molar-refractivity contribution in [1.29, 1.82) is 0 Å². The van der Waals surface area contributed by atoms with E-state index in [9.17, 15) is 9.59 Å². The van der Waals surface area contributed by atoms with Crippen molar-refractivity contribution < 1.29 is 4.74 Å². The number of methoxy groups -OCH3 is 1. The van der Waals surface area contributed by atoms with E-state index in [1.165, 1.54) is 7.11 Å². The lowest BCUT2D eigenvalue weighted by atomic mass is 10.2. The Labute approximate surface area is 92.2 Å². The zero-order valence-electron chi connectivity index (χ0n) is 7.76. The van der Waals surface area contributed by atoms with Gasteiger partial charge in [-0.1, -0.05) is 0 Å². The van der Waals surface area contributed by atoms with Crippen LogP contribution in [0.4, 0.5) is 0 Å². The number of aromatic nitrogens is 2. The Balaban J connectivity index is 2.98. The lowest BCUT2D eigenvalue weighted by molar-refractivity contribution is 0.415. The largest absolute Gasteiger partial charge is 0.497 e. The van der Waals surface area contributed by atoms with Gasteiger partial charge < -0.3 is 9.72 Å². The molecule has 0 saturated carbocycles. The molecule has 0 fully saturated rings. The van der Waals surface area contributed by atoms with Gasteiger partial charge in [0.25, 0.3) is 5.56 Å². The van der Waals surface area contributed by atoms with Crippen LogP contribution in [0.25, 0.3) is 10.9 Å². The van der Waals surface area contributed by atoms with E-state index >= 15 is 0 Å². The number of H-pyrrole nitrogens is 2. The molecule has 0 unspecified atom stereocenters. The molecule has 6 heteroatoms. The molecule has 0 spiro atoms. The van der Waals surface area contributed by atoms with E-state index in [0.29, 0.717) is 21.1 Å². The Bertz CT molecular complexity index is 629. The summed E-state index contributed by atoms with van der Waals surface area (Å²) in [6.45, 7) is 0. The van der Waals surface area contributed by atoms with E-state index in [1.807, 2.05) is 0 Å². The first kappa shape index (κ1) is 9.97. The van der Waals surface area contributed by atoms with Crippen LogP contribution in [0.15, 0.2) is 26.2 Å². The zero-order valence-corrected chi connectivity index (χ0v) is 9.34. The molecular weight excluding hydrogens is 264 g/mol. The molecule has 0 bridgehead atoms. The fourth-order valence-corrected chi connectivity index (χ4v) is 1.97. The van der Waals surface area contributed by atoms with Gasteiger partial charge in [0.1, 0.15) is 5.75 Å². The molecule has 2 N–H and O–H groups in total. The second-order valence-electron chi connectivity index (χ2n) is 2.94. The van der Waals surface area contributed by atoms with Crippen molar-refractivity contribution in [1.82, 2.24) is 9.97 Å². The number of rotatable bonds is 1. The van der Waals surface area contributed by atoms with Crippen LogP contribution in [0, 0.1) is 0 Å². The average molecular weight is 271 g/mol. The number of fused-ring (bicyclic) bond motifs is 1. The lowest BCUT2D eigenvalue weighted by Crippen LogP contribution is -2.22. The van der Waals surface area contributed by atoms with Crippen LogP contribution in [0.1, 0.15) is 0 Å². The van der Waals surface area contributed by atoms with E-state index < -0.39 is 11.2 Å². The standard InChI is InChI=1S/C9H7BrN2O3/c1-15-4-2-5(10)7-6(3-4)11-9(14)12-8(7)13/h2-3H,1H3,(H2,11,12,13,14). The topological polar surface area (TPSA) is 75.0 Å². The summed E-state index contributed by atoms with van der Waals surface area (Å²) in [6, 6.07) is 3.26. The summed E-state index contributed by atoms with van der Waals surface area (Å²) >= 11 is 3.24. The fourth-order valence-electron chi connectivity index (χ4n) is 1.35. The first-order valence-corrected chi connectivity index (χ1v) is 4.91. The molecular formula is C9H7BrN2O3. The molecule has 0 amide bonds. The van der Waals surface area contributed by atoms with Gasteiger partial charge in [0.2, 0.25) is 0 Å². The summed E-state index contributed by atoms with van der Waals surface area (Å²) in [7, 11) is 1.51. The Kier molecular flexibility index (Phi) is 2.36. The van der Waals surface area contributed by atoms with Gasteiger partial charge >= 0.3 is 5.69 Å². The van der Waals surface area contributed by atoms with Gasteiger partial charge in [-0.15, -0.1) is 0 Å². The number of ether oxygens (including phenoxy) is 1. The molecule has 78 valence electrons. The van der Waals surface area contributed by atoms with Crippen molar-refractivity contribution in [2.45, 2.75) is 0 Å². The van der Waals surface area contributed by atoms with Gasteiger partial charge in [-0.05, 0) is 22.0 Å². The van der Waals surface area contributed by atoms with Crippen LogP contribution in [-0.4, -0.2) is 17.1 Å². The minimum absolute atomic E-state index is 0.399. The molecule has 1 aromatic carbocycles. The number of aromatic amines is 2. The first-order chi connectivity index (χ1) is 7.11. The van der Waals surface area contributed by atoms with Crippen molar-refractivity contribution in [3.8, 4) is 5.75 Å². The zero-order chi connectivity index (χ0) is 11.0. The Morgan fingerprint density at radius 2 is 2.00 bits per heavy atom. The second-order valence-corrected chi connectivity index (χ2v) is 3.79. The fraction of sp³-hybridized carbons (Fsp3) is 0.111. The van der Waals surface area contributed by atoms with Gasteiger partial charge in [-0.25, -0.2) is 4.79 Å². The van der Waals surface area contributed by atoms with E-state index in [2.05, 4.69) is 25.9 Å². The molecule has 0 saturated heterocycles. The van der Waals surface area contributed by atoms with Crippen LogP contribution in [0.3, 0.4) is 0 Å². The monoisotopic (exact) mass is 270 g/mol. The third kappa shape index (κ3) is 1.68. The summed E-state index contributed by atoms with van der Waals surface area (Å²) < 4.78 is 5.60. The van der Waals surface area contributed by atoms with Gasteiger partial charge in [0, 0.05) is 10.5 Å². The maximum Gasteiger partial charge on any atom is 0.326 e. The third-order valence-corrected chi connectivity index (χ3v) is 2.63. The molecule has 0 radical (unpaired) electrons. The predicted molar refractivity (Wildman–Crippen MR) is 59.4 cm³/mol. The number of hydrogen-bond acceptors (Lipinski definition) is 3. The Morgan fingerprint density at radius 1 is 1.27 bits per heavy atom. The molecule has 5 nitrogen and oxygen atoms in total. The Hall–Kier alpha value is -1.56. The van der Waals surface area contributed by atoms with Crippen LogP contribution in [-0.2, 0) is 0 Å². The summed E-state index contributed by atoms with van der Waals surface area (Å²) in [6.07, 6.45) is 0. The van der Waals surface area contributed by atoms with Gasteiger partial charge in [-0.3, -0.25) is 9.78 Å². The minimum atomic E-state index is -0.535. The molecule has 1 heterocycles. The highest BCUT2D eigenvalue weighted by Crippen LogP contribution is 2.24. The third-order valence-electron chi connectivity index (χ3n) is 2.00. The quantitative estimate of drug-likeness (QED) is 0.812. The summed E-state index contributed by atoms with van der Waals surface area (Å²) in [5.74, 6) is 0.565. The number of nitrogens with one attached hydrogen (secondary N) is 2. The van der Waals surface area contributed by atoms with Gasteiger partial charge in [0.05, 0.1) is 18.0 Å². The minimum Gasteiger partial charge on any atom is -0.497 e. The lowest BCUT2D eigenvalue weighted by Gasteiger charge is -2.03. The van der Waals surface area contributed by atoms with Crippen LogP contribution < -0.4 is 16.0 Å². The highest BCUT2D eigenvalue weighted by molar-refractivity contribution is 9.10. The molecule has 2 aromatic rings. The van der Waals surface area contributed by atoms with Crippen molar-refractivity contribution in [3.05, 3.63) is 37.4 Å². The summed E-state index contributed by atoms with van der Waals surface area (Å²) in [5.41, 5.74) is -0.522. The van der Waals surface area contributed by atoms with Gasteiger partial charge in [0.15, 0.2) is 0 Å². The summed E-state index contributed by atoms with van der Waals surface area (Å²) in [5, 5.41) is 0.399. The molecule has 2 rings (SSSR count). The van der Waals surface area contributed by atoms with E-state index in [1.54, 1.807) is 12.1 Å². The summed E-state index contributed by atoms with van der Waals surface area (Å²) in [4.78, 5) is 27.2. The molecule has 15 heavy (non-hydrogen) atoms. The normalized spacial score (nSPS) is 10.5. The SMILES string of the molecule is COc1cc(Br)c2c(=O)[nH]c(=O)[nH]c2c1. The molecule has 0 aliphatic rings. The maximum absolute atomic E-state index is 11.5. The van der Waals surface area contributed by atoms with E-state index in [0.717, 1.165) is 0 Å².